The molecule has 0 unspecified atom stereocenters. The molecule has 4 rings (SSSR count). The first-order chi connectivity index (χ1) is 18.4. The molecule has 0 radical (unpaired) electrons. The molecule has 6 heteroatoms. The standard InChI is InChI=1S/C33H42N4O2/c1-32(2,3)31(39)36-26-17-11-22(12-18-26)19-30(38)37-29-20-27(23-9-7-6-8-10-23)28(21-35-29)24-13-15-25(16-14-24)33(4,5)34/h6-10,13-16,20-22,26H,11-12,17-19,34H2,1-5H3,(H,36,39)(H,35,37,38)/t22-,26-. The number of anilines is 1. The van der Waals surface area contributed by atoms with E-state index in [9.17, 15) is 9.59 Å². The van der Waals surface area contributed by atoms with Gasteiger partial charge in [0.2, 0.25) is 11.8 Å². The molecule has 0 atom stereocenters. The van der Waals surface area contributed by atoms with E-state index < -0.39 is 5.54 Å². The van der Waals surface area contributed by atoms with Crippen molar-refractivity contribution in [1.82, 2.24) is 10.3 Å². The largest absolute Gasteiger partial charge is 0.353 e. The van der Waals surface area contributed by atoms with E-state index in [4.69, 9.17) is 5.73 Å². The molecular formula is C33H42N4O2. The first kappa shape index (κ1) is 28.5. The highest BCUT2D eigenvalue weighted by atomic mass is 16.2. The Morgan fingerprint density at radius 1 is 0.872 bits per heavy atom. The van der Waals surface area contributed by atoms with Gasteiger partial charge in [-0.3, -0.25) is 9.59 Å². The molecular weight excluding hydrogens is 484 g/mol. The van der Waals surface area contributed by atoms with Crippen LogP contribution in [0, 0.1) is 11.3 Å². The third-order valence-electron chi connectivity index (χ3n) is 7.53. The number of amides is 2. The summed E-state index contributed by atoms with van der Waals surface area (Å²) in [6, 6.07) is 20.6. The molecule has 2 aromatic carbocycles. The van der Waals surface area contributed by atoms with Crippen molar-refractivity contribution in [1.29, 1.82) is 0 Å². The number of hydrogen-bond acceptors (Lipinski definition) is 4. The number of nitrogens with one attached hydrogen (secondary N) is 2. The van der Waals surface area contributed by atoms with E-state index in [1.165, 1.54) is 0 Å². The van der Waals surface area contributed by atoms with E-state index in [0.29, 0.717) is 18.2 Å². The Kier molecular flexibility index (Phi) is 8.55. The number of nitrogens with two attached hydrogens (primary N) is 1. The number of carbonyl (C=O) groups is 2. The van der Waals surface area contributed by atoms with Crippen molar-refractivity contribution in [2.75, 3.05) is 5.32 Å². The molecule has 6 nitrogen and oxygen atoms in total. The maximum Gasteiger partial charge on any atom is 0.225 e. The maximum absolute atomic E-state index is 13.0. The Balaban J connectivity index is 1.44. The van der Waals surface area contributed by atoms with Crippen LogP contribution in [0.4, 0.5) is 5.82 Å². The number of rotatable bonds is 7. The first-order valence-electron chi connectivity index (χ1n) is 14.0. The third kappa shape index (κ3) is 7.54. The number of hydrogen-bond donors (Lipinski definition) is 3. The van der Waals surface area contributed by atoms with Gasteiger partial charge >= 0.3 is 0 Å². The van der Waals surface area contributed by atoms with Gasteiger partial charge in [-0.1, -0.05) is 75.4 Å². The van der Waals surface area contributed by atoms with E-state index in [-0.39, 0.29) is 23.3 Å². The summed E-state index contributed by atoms with van der Waals surface area (Å²) in [5, 5.41) is 6.20. The predicted octanol–water partition coefficient (Wildman–Crippen LogP) is 6.66. The second-order valence-corrected chi connectivity index (χ2v) is 12.5. The van der Waals surface area contributed by atoms with Gasteiger partial charge in [-0.05, 0) is 73.8 Å². The van der Waals surface area contributed by atoms with E-state index in [2.05, 4.69) is 52.0 Å². The molecule has 4 N–H and O–H groups in total. The summed E-state index contributed by atoms with van der Waals surface area (Å²) < 4.78 is 0. The van der Waals surface area contributed by atoms with Crippen LogP contribution in [0.2, 0.25) is 0 Å². The Labute approximate surface area is 232 Å². The van der Waals surface area contributed by atoms with Gasteiger partial charge in [0, 0.05) is 35.2 Å². The van der Waals surface area contributed by atoms with Crippen LogP contribution in [0.25, 0.3) is 22.3 Å². The zero-order valence-corrected chi connectivity index (χ0v) is 23.9. The zero-order chi connectivity index (χ0) is 28.2. The molecule has 1 aliphatic rings. The number of aromatic nitrogens is 1. The first-order valence-corrected chi connectivity index (χ1v) is 14.0. The molecule has 0 bridgehead atoms. The van der Waals surface area contributed by atoms with Gasteiger partial charge in [0.1, 0.15) is 5.82 Å². The number of carbonyl (C=O) groups excluding carboxylic acids is 2. The summed E-state index contributed by atoms with van der Waals surface area (Å²) in [6.07, 6.45) is 5.97. The van der Waals surface area contributed by atoms with Crippen LogP contribution in [0.5, 0.6) is 0 Å². The Morgan fingerprint density at radius 3 is 2.08 bits per heavy atom. The zero-order valence-electron chi connectivity index (χ0n) is 23.9. The second kappa shape index (κ2) is 11.7. The fourth-order valence-corrected chi connectivity index (χ4v) is 5.06. The van der Waals surface area contributed by atoms with E-state index in [1.807, 2.05) is 65.1 Å². The fraction of sp³-hybridized carbons (Fsp3) is 0.424. The van der Waals surface area contributed by atoms with Crippen LogP contribution >= 0.6 is 0 Å². The van der Waals surface area contributed by atoms with Crippen molar-refractivity contribution in [3.63, 3.8) is 0 Å². The molecule has 1 aliphatic carbocycles. The highest BCUT2D eigenvalue weighted by molar-refractivity contribution is 5.92. The molecule has 0 spiro atoms. The van der Waals surface area contributed by atoms with Crippen LogP contribution < -0.4 is 16.4 Å². The topological polar surface area (TPSA) is 97.1 Å². The minimum atomic E-state index is -0.410. The van der Waals surface area contributed by atoms with Gasteiger partial charge < -0.3 is 16.4 Å². The summed E-state index contributed by atoms with van der Waals surface area (Å²) in [4.78, 5) is 29.9. The van der Waals surface area contributed by atoms with Crippen molar-refractivity contribution >= 4 is 17.6 Å². The van der Waals surface area contributed by atoms with Crippen molar-refractivity contribution in [3.05, 3.63) is 72.4 Å². The third-order valence-corrected chi connectivity index (χ3v) is 7.53. The molecule has 39 heavy (non-hydrogen) atoms. The van der Waals surface area contributed by atoms with E-state index in [0.717, 1.165) is 53.5 Å². The summed E-state index contributed by atoms with van der Waals surface area (Å²) >= 11 is 0. The van der Waals surface area contributed by atoms with Gasteiger partial charge in [0.15, 0.2) is 0 Å². The van der Waals surface area contributed by atoms with Gasteiger partial charge in [-0.25, -0.2) is 4.98 Å². The second-order valence-electron chi connectivity index (χ2n) is 12.5. The van der Waals surface area contributed by atoms with Crippen molar-refractivity contribution in [3.8, 4) is 22.3 Å². The SMILES string of the molecule is CC(C)(C)C(=O)N[C@H]1CC[C@H](CC(=O)Nc2cc(-c3ccccc3)c(-c3ccc(C(C)(C)N)cc3)cn2)CC1. The maximum atomic E-state index is 13.0. The van der Waals surface area contributed by atoms with Crippen LogP contribution in [-0.2, 0) is 15.1 Å². The van der Waals surface area contributed by atoms with Crippen LogP contribution in [0.1, 0.15) is 72.3 Å². The lowest BCUT2D eigenvalue weighted by atomic mass is 9.83. The molecule has 1 fully saturated rings. The number of pyridine rings is 1. The predicted molar refractivity (Wildman–Crippen MR) is 159 cm³/mol. The molecule has 1 aromatic heterocycles. The van der Waals surface area contributed by atoms with Crippen LogP contribution in [0.3, 0.4) is 0 Å². The minimum Gasteiger partial charge on any atom is -0.353 e. The van der Waals surface area contributed by atoms with Gasteiger partial charge in [-0.2, -0.15) is 0 Å². The highest BCUT2D eigenvalue weighted by Gasteiger charge is 2.28. The lowest BCUT2D eigenvalue weighted by Crippen LogP contribution is -2.43. The fourth-order valence-electron chi connectivity index (χ4n) is 5.06. The molecule has 3 aromatic rings. The smallest absolute Gasteiger partial charge is 0.225 e. The van der Waals surface area contributed by atoms with Crippen molar-refractivity contribution in [2.45, 2.75) is 78.3 Å². The summed E-state index contributed by atoms with van der Waals surface area (Å²) in [7, 11) is 0. The lowest BCUT2D eigenvalue weighted by Gasteiger charge is -2.31. The highest BCUT2D eigenvalue weighted by Crippen LogP contribution is 2.34. The normalized spacial score (nSPS) is 17.9. The molecule has 0 aliphatic heterocycles. The summed E-state index contributed by atoms with van der Waals surface area (Å²) in [5.41, 5.74) is 10.7. The number of nitrogens with zero attached hydrogens (tertiary/aromatic N) is 1. The minimum absolute atomic E-state index is 0.0223. The molecule has 1 heterocycles. The number of benzene rings is 2. The van der Waals surface area contributed by atoms with Gasteiger partial charge in [0.05, 0.1) is 0 Å². The van der Waals surface area contributed by atoms with Gasteiger partial charge in [-0.15, -0.1) is 0 Å². The molecule has 2 amide bonds. The Morgan fingerprint density at radius 2 is 1.49 bits per heavy atom. The average Bonchev–Trinajstić information content (AvgIpc) is 2.89. The summed E-state index contributed by atoms with van der Waals surface area (Å²) in [5.74, 6) is 0.928. The lowest BCUT2D eigenvalue weighted by molar-refractivity contribution is -0.129. The summed E-state index contributed by atoms with van der Waals surface area (Å²) in [6.45, 7) is 9.78. The van der Waals surface area contributed by atoms with Crippen LogP contribution in [0.15, 0.2) is 66.9 Å². The van der Waals surface area contributed by atoms with E-state index in [1.54, 1.807) is 0 Å². The Hall–Kier alpha value is -3.51. The van der Waals surface area contributed by atoms with Gasteiger partial charge in [0.25, 0.3) is 0 Å². The monoisotopic (exact) mass is 526 g/mol. The molecule has 1 saturated carbocycles. The quantitative estimate of drug-likeness (QED) is 0.321. The van der Waals surface area contributed by atoms with Crippen molar-refractivity contribution < 1.29 is 9.59 Å². The van der Waals surface area contributed by atoms with Crippen LogP contribution in [-0.4, -0.2) is 22.8 Å². The van der Waals surface area contributed by atoms with Crippen molar-refractivity contribution in [2.24, 2.45) is 17.1 Å². The molecule has 206 valence electrons. The molecule has 0 saturated heterocycles. The average molecular weight is 527 g/mol. The Bertz CT molecular complexity index is 1280. The van der Waals surface area contributed by atoms with E-state index >= 15 is 0 Å².